The maximum atomic E-state index is 9.09. The Kier molecular flexibility index (Phi) is 9.01. The third kappa shape index (κ3) is 7.97. The Balaban J connectivity index is 1.96. The van der Waals surface area contributed by atoms with Gasteiger partial charge in [0.25, 0.3) is 0 Å². The number of aliphatic hydroxyl groups excluding tert-OH is 1. The zero-order chi connectivity index (χ0) is 16.6. The van der Waals surface area contributed by atoms with Crippen molar-refractivity contribution in [2.45, 2.75) is 104 Å². The average Bonchev–Trinajstić information content (AvgIpc) is 3.09. The number of ether oxygens (including phenoxy) is 1. The molecule has 22 heavy (non-hydrogen) atoms. The highest BCUT2D eigenvalue weighted by molar-refractivity contribution is 4.98. The molecular formula is C20H40O2. The van der Waals surface area contributed by atoms with Crippen molar-refractivity contribution in [1.29, 1.82) is 0 Å². The molecule has 0 aliphatic carbocycles. The first-order valence-corrected chi connectivity index (χ1v) is 9.66. The number of hydrogen-bond acceptors (Lipinski definition) is 2. The highest BCUT2D eigenvalue weighted by Crippen LogP contribution is 2.40. The molecule has 1 N–H and O–H groups in total. The Morgan fingerprint density at radius 2 is 1.36 bits per heavy atom. The first-order valence-electron chi connectivity index (χ1n) is 9.66. The second kappa shape index (κ2) is 9.93. The van der Waals surface area contributed by atoms with Gasteiger partial charge in [-0.25, -0.2) is 0 Å². The lowest BCUT2D eigenvalue weighted by atomic mass is 9.90. The standard InChI is InChI=1S/C20H40O2/c1-16(2)9-6-10-17(3)11-7-12-18(4)13-8-14-20(5)19(15-21)22-20/h16-19,21H,6-15H2,1-5H3/t17?,18?,19-,20-/m0/s1. The van der Waals surface area contributed by atoms with Gasteiger partial charge in [0.2, 0.25) is 0 Å². The van der Waals surface area contributed by atoms with Gasteiger partial charge in [-0.2, -0.15) is 0 Å². The topological polar surface area (TPSA) is 32.8 Å². The van der Waals surface area contributed by atoms with Crippen molar-refractivity contribution in [3.05, 3.63) is 0 Å². The predicted octanol–water partition coefficient (Wildman–Crippen LogP) is 5.58. The van der Waals surface area contributed by atoms with Gasteiger partial charge in [-0.1, -0.05) is 79.1 Å². The number of hydrogen-bond donors (Lipinski definition) is 1. The molecule has 0 radical (unpaired) electrons. The van der Waals surface area contributed by atoms with Crippen LogP contribution in [0.15, 0.2) is 0 Å². The molecule has 0 saturated carbocycles. The van der Waals surface area contributed by atoms with Gasteiger partial charge in [-0.15, -0.1) is 0 Å². The van der Waals surface area contributed by atoms with Crippen LogP contribution in [0.3, 0.4) is 0 Å². The van der Waals surface area contributed by atoms with E-state index >= 15 is 0 Å². The summed E-state index contributed by atoms with van der Waals surface area (Å²) in [5.74, 6) is 2.59. The van der Waals surface area contributed by atoms with E-state index in [2.05, 4.69) is 34.6 Å². The Morgan fingerprint density at radius 1 is 0.864 bits per heavy atom. The molecule has 1 heterocycles. The van der Waals surface area contributed by atoms with Crippen LogP contribution in [-0.2, 0) is 4.74 Å². The number of rotatable bonds is 13. The normalized spacial score (nSPS) is 27.1. The quantitative estimate of drug-likeness (QED) is 0.451. The lowest BCUT2D eigenvalue weighted by Gasteiger charge is -2.15. The second-order valence-corrected chi connectivity index (χ2v) is 8.46. The third-order valence-electron chi connectivity index (χ3n) is 5.44. The van der Waals surface area contributed by atoms with Crippen LogP contribution in [0.1, 0.15) is 92.4 Å². The zero-order valence-corrected chi connectivity index (χ0v) is 15.7. The van der Waals surface area contributed by atoms with Crippen molar-refractivity contribution in [1.82, 2.24) is 0 Å². The third-order valence-corrected chi connectivity index (χ3v) is 5.44. The van der Waals surface area contributed by atoms with E-state index in [1.165, 1.54) is 51.4 Å². The van der Waals surface area contributed by atoms with Crippen LogP contribution in [0.25, 0.3) is 0 Å². The molecule has 2 heteroatoms. The van der Waals surface area contributed by atoms with Crippen LogP contribution in [0.4, 0.5) is 0 Å². The molecule has 2 nitrogen and oxygen atoms in total. The molecule has 0 bridgehead atoms. The van der Waals surface area contributed by atoms with Gasteiger partial charge in [0.05, 0.1) is 12.2 Å². The Labute approximate surface area is 139 Å². The molecule has 0 spiro atoms. The molecule has 1 saturated heterocycles. The summed E-state index contributed by atoms with van der Waals surface area (Å²) >= 11 is 0. The molecule has 132 valence electrons. The zero-order valence-electron chi connectivity index (χ0n) is 15.7. The summed E-state index contributed by atoms with van der Waals surface area (Å²) in [6, 6.07) is 0. The number of epoxide rings is 1. The molecule has 0 aromatic carbocycles. The molecule has 4 atom stereocenters. The summed E-state index contributed by atoms with van der Waals surface area (Å²) in [7, 11) is 0. The van der Waals surface area contributed by atoms with Crippen LogP contribution in [0.2, 0.25) is 0 Å². The fourth-order valence-electron chi connectivity index (χ4n) is 3.52. The van der Waals surface area contributed by atoms with Gasteiger partial charge in [0.1, 0.15) is 6.10 Å². The second-order valence-electron chi connectivity index (χ2n) is 8.46. The lowest BCUT2D eigenvalue weighted by Crippen LogP contribution is -2.12. The molecule has 0 amide bonds. The van der Waals surface area contributed by atoms with E-state index in [9.17, 15) is 0 Å². The summed E-state index contributed by atoms with van der Waals surface area (Å²) in [6.45, 7) is 11.8. The Bertz CT molecular complexity index is 289. The van der Waals surface area contributed by atoms with E-state index in [0.717, 1.165) is 24.2 Å². The molecule has 1 rings (SSSR count). The van der Waals surface area contributed by atoms with Crippen molar-refractivity contribution >= 4 is 0 Å². The van der Waals surface area contributed by atoms with Gasteiger partial charge in [-0.3, -0.25) is 0 Å². The minimum absolute atomic E-state index is 0.0145. The van der Waals surface area contributed by atoms with E-state index in [-0.39, 0.29) is 18.3 Å². The van der Waals surface area contributed by atoms with Crippen molar-refractivity contribution in [2.24, 2.45) is 17.8 Å². The Hall–Kier alpha value is -0.0800. The molecule has 0 aromatic rings. The summed E-state index contributed by atoms with van der Waals surface area (Å²) in [6.07, 6.45) is 12.1. The summed E-state index contributed by atoms with van der Waals surface area (Å²) < 4.78 is 5.55. The molecule has 1 fully saturated rings. The highest BCUT2D eigenvalue weighted by Gasteiger charge is 2.50. The SMILES string of the molecule is CC(C)CCCC(C)CCCC(C)CCC[C@]1(C)O[C@H]1CO. The predicted molar refractivity (Wildman–Crippen MR) is 95.1 cm³/mol. The molecule has 2 unspecified atom stereocenters. The van der Waals surface area contributed by atoms with Crippen LogP contribution < -0.4 is 0 Å². The monoisotopic (exact) mass is 312 g/mol. The van der Waals surface area contributed by atoms with Gasteiger partial charge < -0.3 is 9.84 Å². The molecular weight excluding hydrogens is 272 g/mol. The molecule has 1 aliphatic rings. The lowest BCUT2D eigenvalue weighted by molar-refractivity contribution is 0.234. The maximum absolute atomic E-state index is 9.09. The van der Waals surface area contributed by atoms with Gasteiger partial charge in [-0.05, 0) is 31.1 Å². The summed E-state index contributed by atoms with van der Waals surface area (Å²) in [5.41, 5.74) is -0.0145. The van der Waals surface area contributed by atoms with E-state index in [1.807, 2.05) is 0 Å². The van der Waals surface area contributed by atoms with Crippen molar-refractivity contribution in [3.63, 3.8) is 0 Å². The van der Waals surface area contributed by atoms with Crippen LogP contribution in [0.5, 0.6) is 0 Å². The van der Waals surface area contributed by atoms with Gasteiger partial charge in [0.15, 0.2) is 0 Å². The van der Waals surface area contributed by atoms with Crippen molar-refractivity contribution < 1.29 is 9.84 Å². The van der Waals surface area contributed by atoms with Gasteiger partial charge >= 0.3 is 0 Å². The van der Waals surface area contributed by atoms with E-state index in [0.29, 0.717) is 0 Å². The summed E-state index contributed by atoms with van der Waals surface area (Å²) in [4.78, 5) is 0. The average molecular weight is 313 g/mol. The van der Waals surface area contributed by atoms with E-state index in [4.69, 9.17) is 9.84 Å². The minimum Gasteiger partial charge on any atom is -0.394 e. The highest BCUT2D eigenvalue weighted by atomic mass is 16.6. The van der Waals surface area contributed by atoms with Crippen LogP contribution in [-0.4, -0.2) is 23.4 Å². The number of aliphatic hydroxyl groups is 1. The first-order chi connectivity index (χ1) is 10.4. The largest absolute Gasteiger partial charge is 0.394 e. The fourth-order valence-corrected chi connectivity index (χ4v) is 3.52. The first kappa shape index (κ1) is 20.0. The smallest absolute Gasteiger partial charge is 0.110 e. The van der Waals surface area contributed by atoms with E-state index < -0.39 is 0 Å². The molecule has 0 aromatic heterocycles. The van der Waals surface area contributed by atoms with Gasteiger partial charge in [0, 0.05) is 0 Å². The van der Waals surface area contributed by atoms with E-state index in [1.54, 1.807) is 0 Å². The molecule has 1 aliphatic heterocycles. The minimum atomic E-state index is -0.0145. The van der Waals surface area contributed by atoms with Crippen molar-refractivity contribution in [2.75, 3.05) is 6.61 Å². The van der Waals surface area contributed by atoms with Crippen molar-refractivity contribution in [3.8, 4) is 0 Å². The maximum Gasteiger partial charge on any atom is 0.110 e. The fraction of sp³-hybridized carbons (Fsp3) is 1.00. The van der Waals surface area contributed by atoms with Crippen LogP contribution >= 0.6 is 0 Å². The summed E-state index contributed by atoms with van der Waals surface area (Å²) in [5, 5.41) is 9.09. The van der Waals surface area contributed by atoms with Crippen LogP contribution in [0, 0.1) is 17.8 Å². The Morgan fingerprint density at radius 3 is 1.82 bits per heavy atom.